The summed E-state index contributed by atoms with van der Waals surface area (Å²) in [5.41, 5.74) is 11.1. The van der Waals surface area contributed by atoms with Gasteiger partial charge in [-0.3, -0.25) is 24.0 Å². The van der Waals surface area contributed by atoms with E-state index in [1.54, 1.807) is 20.8 Å². The van der Waals surface area contributed by atoms with Gasteiger partial charge in [0.2, 0.25) is 23.6 Å². The van der Waals surface area contributed by atoms with Crippen LogP contribution in [0.2, 0.25) is 0 Å². The number of primary amides is 1. The van der Waals surface area contributed by atoms with E-state index in [9.17, 15) is 33.9 Å². The molecule has 0 aliphatic rings. The Morgan fingerprint density at radius 3 is 1.63 bits per heavy atom. The zero-order valence-corrected chi connectivity index (χ0v) is 20.7. The van der Waals surface area contributed by atoms with Gasteiger partial charge in [-0.15, -0.1) is 0 Å². The number of amides is 4. The summed E-state index contributed by atoms with van der Waals surface area (Å²) >= 11 is 0. The fourth-order valence-corrected chi connectivity index (χ4v) is 3.08. The molecular weight excluding hydrogens is 462 g/mol. The summed E-state index contributed by atoms with van der Waals surface area (Å²) in [6.45, 7) is 6.96. The summed E-state index contributed by atoms with van der Waals surface area (Å²) in [5.74, 6) is -6.25. The number of carbonyl (C=O) groups is 6. The third kappa shape index (κ3) is 11.7. The maximum absolute atomic E-state index is 13.0. The molecule has 0 saturated carbocycles. The molecular formula is C22H39N5O8. The molecule has 0 radical (unpaired) electrons. The number of nitrogens with one attached hydrogen (secondary N) is 3. The third-order valence-corrected chi connectivity index (χ3v) is 5.93. The van der Waals surface area contributed by atoms with E-state index in [1.165, 1.54) is 0 Å². The Hall–Kier alpha value is -3.22. The van der Waals surface area contributed by atoms with Gasteiger partial charge < -0.3 is 37.6 Å². The van der Waals surface area contributed by atoms with Crippen LogP contribution in [-0.2, 0) is 28.8 Å². The van der Waals surface area contributed by atoms with E-state index in [0.717, 1.165) is 0 Å². The monoisotopic (exact) mass is 501 g/mol. The van der Waals surface area contributed by atoms with E-state index in [1.807, 2.05) is 6.92 Å². The summed E-state index contributed by atoms with van der Waals surface area (Å²) in [5, 5.41) is 25.6. The van der Waals surface area contributed by atoms with Crippen LogP contribution in [0, 0.1) is 11.8 Å². The molecule has 0 spiro atoms. The molecule has 200 valence electrons. The average Bonchev–Trinajstić information content (AvgIpc) is 2.79. The summed E-state index contributed by atoms with van der Waals surface area (Å²) in [7, 11) is 0. The standard InChI is InChI=1S/C22H39N5O8/c1-5-11(3)17(24)21(33)26-13(7-9-15(23)28)19(31)25-14(8-10-16(29)30)20(32)27-18(22(34)35)12(4)6-2/h11-14,17-18H,5-10,24H2,1-4H3,(H2,23,28)(H,25,31)(H,26,33)(H,27,32)(H,29,30)(H,34,35). The fraction of sp³-hybridized carbons (Fsp3) is 0.727. The van der Waals surface area contributed by atoms with E-state index in [2.05, 4.69) is 16.0 Å². The highest BCUT2D eigenvalue weighted by molar-refractivity contribution is 5.94. The second-order valence-electron chi connectivity index (χ2n) is 8.68. The van der Waals surface area contributed by atoms with E-state index >= 15 is 0 Å². The minimum atomic E-state index is -1.40. The van der Waals surface area contributed by atoms with Crippen LogP contribution in [-0.4, -0.2) is 69.9 Å². The van der Waals surface area contributed by atoms with Crippen molar-refractivity contribution in [1.29, 1.82) is 0 Å². The highest BCUT2D eigenvalue weighted by Gasteiger charge is 2.32. The van der Waals surface area contributed by atoms with Gasteiger partial charge >= 0.3 is 11.9 Å². The molecule has 4 amide bonds. The maximum atomic E-state index is 13.0. The Morgan fingerprint density at radius 2 is 1.20 bits per heavy atom. The Bertz CT molecular complexity index is 775. The normalized spacial score (nSPS) is 16.0. The predicted octanol–water partition coefficient (Wildman–Crippen LogP) is -0.925. The zero-order valence-electron chi connectivity index (χ0n) is 20.7. The van der Waals surface area contributed by atoms with E-state index in [0.29, 0.717) is 12.8 Å². The summed E-state index contributed by atoms with van der Waals surface area (Å²) in [6, 6.07) is -4.87. The third-order valence-electron chi connectivity index (χ3n) is 5.93. The minimum absolute atomic E-state index is 0.183. The summed E-state index contributed by atoms with van der Waals surface area (Å²) in [6.07, 6.45) is -0.207. The van der Waals surface area contributed by atoms with Gasteiger partial charge in [0, 0.05) is 12.8 Å². The van der Waals surface area contributed by atoms with Crippen molar-refractivity contribution in [3.8, 4) is 0 Å². The number of carbonyl (C=O) groups excluding carboxylic acids is 4. The van der Waals surface area contributed by atoms with Gasteiger partial charge in [0.25, 0.3) is 0 Å². The number of rotatable bonds is 17. The van der Waals surface area contributed by atoms with Crippen LogP contribution in [0.1, 0.15) is 66.2 Å². The van der Waals surface area contributed by atoms with Crippen molar-refractivity contribution in [2.45, 2.75) is 90.4 Å². The molecule has 0 rings (SSSR count). The summed E-state index contributed by atoms with van der Waals surface area (Å²) < 4.78 is 0. The van der Waals surface area contributed by atoms with Crippen LogP contribution in [0.3, 0.4) is 0 Å². The van der Waals surface area contributed by atoms with Crippen molar-refractivity contribution in [2.24, 2.45) is 23.3 Å². The van der Waals surface area contributed by atoms with Crippen molar-refractivity contribution in [3.05, 3.63) is 0 Å². The van der Waals surface area contributed by atoms with Gasteiger partial charge in [0.15, 0.2) is 0 Å². The number of hydrogen-bond acceptors (Lipinski definition) is 7. The quantitative estimate of drug-likeness (QED) is 0.130. The minimum Gasteiger partial charge on any atom is -0.481 e. The highest BCUT2D eigenvalue weighted by Crippen LogP contribution is 2.10. The predicted molar refractivity (Wildman–Crippen MR) is 126 cm³/mol. The molecule has 0 aliphatic carbocycles. The maximum Gasteiger partial charge on any atom is 0.326 e. The van der Waals surface area contributed by atoms with Gasteiger partial charge in [-0.05, 0) is 24.7 Å². The second kappa shape index (κ2) is 15.6. The molecule has 0 aromatic carbocycles. The van der Waals surface area contributed by atoms with Gasteiger partial charge in [-0.1, -0.05) is 40.5 Å². The first kappa shape index (κ1) is 31.8. The number of hydrogen-bond donors (Lipinski definition) is 7. The van der Waals surface area contributed by atoms with Crippen LogP contribution in [0.5, 0.6) is 0 Å². The summed E-state index contributed by atoms with van der Waals surface area (Å²) in [4.78, 5) is 72.2. The lowest BCUT2D eigenvalue weighted by Crippen LogP contribution is -2.58. The van der Waals surface area contributed by atoms with Crippen LogP contribution < -0.4 is 27.4 Å². The molecule has 9 N–H and O–H groups in total. The molecule has 13 heteroatoms. The van der Waals surface area contributed by atoms with Crippen molar-refractivity contribution in [3.63, 3.8) is 0 Å². The SMILES string of the molecule is CCC(C)C(N)C(=O)NC(CCC(N)=O)C(=O)NC(CCC(=O)O)C(=O)NC(C(=O)O)C(C)CC. The second-order valence-corrected chi connectivity index (χ2v) is 8.68. The fourth-order valence-electron chi connectivity index (χ4n) is 3.08. The van der Waals surface area contributed by atoms with Gasteiger partial charge in [0.1, 0.15) is 18.1 Å². The van der Waals surface area contributed by atoms with Gasteiger partial charge in [-0.2, -0.15) is 0 Å². The smallest absolute Gasteiger partial charge is 0.326 e. The first-order chi connectivity index (χ1) is 16.2. The molecule has 0 heterocycles. The lowest BCUT2D eigenvalue weighted by molar-refractivity contribution is -0.144. The molecule has 0 fully saturated rings. The first-order valence-corrected chi connectivity index (χ1v) is 11.6. The van der Waals surface area contributed by atoms with E-state index in [4.69, 9.17) is 16.6 Å². The Balaban J connectivity index is 5.72. The molecule has 0 saturated heterocycles. The van der Waals surface area contributed by atoms with Gasteiger partial charge in [0.05, 0.1) is 6.04 Å². The average molecular weight is 502 g/mol. The van der Waals surface area contributed by atoms with Crippen LogP contribution >= 0.6 is 0 Å². The molecule has 0 aromatic heterocycles. The van der Waals surface area contributed by atoms with E-state index < -0.39 is 72.1 Å². The number of nitrogens with two attached hydrogens (primary N) is 2. The molecule has 0 bridgehead atoms. The molecule has 35 heavy (non-hydrogen) atoms. The van der Waals surface area contributed by atoms with E-state index in [-0.39, 0.29) is 25.2 Å². The Morgan fingerprint density at radius 1 is 0.743 bits per heavy atom. The van der Waals surface area contributed by atoms with Crippen molar-refractivity contribution >= 4 is 35.6 Å². The topological polar surface area (TPSA) is 231 Å². The van der Waals surface area contributed by atoms with Crippen LogP contribution in [0.4, 0.5) is 0 Å². The van der Waals surface area contributed by atoms with Crippen molar-refractivity contribution in [1.82, 2.24) is 16.0 Å². The first-order valence-electron chi connectivity index (χ1n) is 11.6. The Kier molecular flexibility index (Phi) is 14.2. The number of aliphatic carboxylic acids is 2. The largest absolute Gasteiger partial charge is 0.481 e. The number of carboxylic acid groups (broad SMARTS) is 2. The lowest BCUT2D eigenvalue weighted by atomic mass is 9.98. The van der Waals surface area contributed by atoms with Crippen molar-refractivity contribution in [2.75, 3.05) is 0 Å². The molecule has 0 aliphatic heterocycles. The molecule has 6 atom stereocenters. The van der Waals surface area contributed by atoms with Crippen LogP contribution in [0.25, 0.3) is 0 Å². The molecule has 13 nitrogen and oxygen atoms in total. The van der Waals surface area contributed by atoms with Gasteiger partial charge in [-0.25, -0.2) is 4.79 Å². The number of carboxylic acids is 2. The molecule has 0 aromatic rings. The highest BCUT2D eigenvalue weighted by atomic mass is 16.4. The lowest BCUT2D eigenvalue weighted by Gasteiger charge is -2.27. The zero-order chi connectivity index (χ0) is 27.3. The van der Waals surface area contributed by atoms with Crippen LogP contribution in [0.15, 0.2) is 0 Å². The Labute approximate surface area is 204 Å². The van der Waals surface area contributed by atoms with Crippen molar-refractivity contribution < 1.29 is 39.0 Å². The molecule has 6 unspecified atom stereocenters.